The lowest BCUT2D eigenvalue weighted by molar-refractivity contribution is -0.124. The first-order valence-electron chi connectivity index (χ1n) is 9.97. The fourth-order valence-electron chi connectivity index (χ4n) is 3.81. The van der Waals surface area contributed by atoms with Gasteiger partial charge in [0.1, 0.15) is 0 Å². The summed E-state index contributed by atoms with van der Waals surface area (Å²) in [5.74, 6) is -0.682. The van der Waals surface area contributed by atoms with E-state index in [0.717, 1.165) is 67.1 Å². The summed E-state index contributed by atoms with van der Waals surface area (Å²) >= 11 is 0. The number of aryl methyl sites for hydroxylation is 1. The molecule has 1 amide bonds. The predicted molar refractivity (Wildman–Crippen MR) is 106 cm³/mol. The van der Waals surface area contributed by atoms with Crippen molar-refractivity contribution in [3.8, 4) is 0 Å². The fourth-order valence-corrected chi connectivity index (χ4v) is 3.81. The summed E-state index contributed by atoms with van der Waals surface area (Å²) in [6.07, 6.45) is 6.89. The number of para-hydroxylation sites is 1. The summed E-state index contributed by atoms with van der Waals surface area (Å²) in [4.78, 5) is 29.8. The highest BCUT2D eigenvalue weighted by atomic mass is 16.5. The van der Waals surface area contributed by atoms with Gasteiger partial charge in [0.05, 0.1) is 11.1 Å². The molecule has 1 aliphatic rings. The highest BCUT2D eigenvalue weighted by Gasteiger charge is 2.23. The van der Waals surface area contributed by atoms with Gasteiger partial charge in [-0.15, -0.1) is 0 Å². The number of ether oxygens (including phenoxy) is 1. The Bertz CT molecular complexity index is 832. The summed E-state index contributed by atoms with van der Waals surface area (Å²) in [5.41, 5.74) is 3.40. The predicted octanol–water partition coefficient (Wildman–Crippen LogP) is 3.97. The number of rotatable bonds is 6. The van der Waals surface area contributed by atoms with E-state index in [1.807, 2.05) is 31.2 Å². The Balaban J connectivity index is 1.83. The maximum atomic E-state index is 12.9. The van der Waals surface area contributed by atoms with Gasteiger partial charge in [0, 0.05) is 17.1 Å². The molecule has 0 aliphatic heterocycles. The minimum atomic E-state index is -0.426. The van der Waals surface area contributed by atoms with Crippen molar-refractivity contribution >= 4 is 22.8 Å². The normalized spacial score (nSPS) is 14.9. The number of carbonyl (C=O) groups excluding carboxylic acids is 2. The van der Waals surface area contributed by atoms with Gasteiger partial charge in [-0.2, -0.15) is 0 Å². The molecule has 1 N–H and O–H groups in total. The van der Waals surface area contributed by atoms with Crippen LogP contribution in [0.5, 0.6) is 0 Å². The van der Waals surface area contributed by atoms with Crippen molar-refractivity contribution in [1.29, 1.82) is 0 Å². The Hall–Kier alpha value is -2.43. The van der Waals surface area contributed by atoms with Gasteiger partial charge in [-0.25, -0.2) is 4.79 Å². The van der Waals surface area contributed by atoms with Gasteiger partial charge < -0.3 is 10.1 Å². The van der Waals surface area contributed by atoms with Crippen molar-refractivity contribution in [2.45, 2.75) is 64.8 Å². The van der Waals surface area contributed by atoms with E-state index >= 15 is 0 Å². The molecule has 0 spiro atoms. The maximum absolute atomic E-state index is 12.9. The van der Waals surface area contributed by atoms with Crippen LogP contribution < -0.4 is 5.32 Å². The van der Waals surface area contributed by atoms with Crippen LogP contribution in [-0.4, -0.2) is 29.5 Å². The van der Waals surface area contributed by atoms with Crippen LogP contribution in [0.2, 0.25) is 0 Å². The molecule has 1 aliphatic carbocycles. The summed E-state index contributed by atoms with van der Waals surface area (Å²) in [6, 6.07) is 7.75. The van der Waals surface area contributed by atoms with Crippen molar-refractivity contribution in [3.05, 3.63) is 41.1 Å². The van der Waals surface area contributed by atoms with E-state index < -0.39 is 5.97 Å². The highest BCUT2D eigenvalue weighted by Crippen LogP contribution is 2.29. The average Bonchev–Trinajstić information content (AvgIpc) is 2.89. The highest BCUT2D eigenvalue weighted by molar-refractivity contribution is 6.05. The van der Waals surface area contributed by atoms with Gasteiger partial charge in [-0.3, -0.25) is 9.78 Å². The van der Waals surface area contributed by atoms with Gasteiger partial charge >= 0.3 is 5.97 Å². The maximum Gasteiger partial charge on any atom is 0.339 e. The Labute approximate surface area is 160 Å². The fraction of sp³-hybridized carbons (Fsp3) is 0.500. The van der Waals surface area contributed by atoms with Crippen LogP contribution in [0, 0.1) is 0 Å². The van der Waals surface area contributed by atoms with Gasteiger partial charge in [-0.05, 0) is 50.7 Å². The Morgan fingerprint density at radius 1 is 1.19 bits per heavy atom. The van der Waals surface area contributed by atoms with E-state index in [-0.39, 0.29) is 18.6 Å². The lowest BCUT2D eigenvalue weighted by atomic mass is 9.97. The molecule has 1 atom stereocenters. The van der Waals surface area contributed by atoms with E-state index in [0.29, 0.717) is 5.56 Å². The molecule has 1 aromatic carbocycles. The first-order valence-corrected chi connectivity index (χ1v) is 9.97. The van der Waals surface area contributed by atoms with Crippen LogP contribution in [0.15, 0.2) is 24.3 Å². The summed E-state index contributed by atoms with van der Waals surface area (Å²) in [6.45, 7) is 3.78. The summed E-state index contributed by atoms with van der Waals surface area (Å²) < 4.78 is 5.41. The van der Waals surface area contributed by atoms with Crippen molar-refractivity contribution < 1.29 is 14.3 Å². The van der Waals surface area contributed by atoms with Gasteiger partial charge in [0.2, 0.25) is 0 Å². The number of fused-ring (bicyclic) bond motifs is 2. The van der Waals surface area contributed by atoms with Crippen LogP contribution in [-0.2, 0) is 22.4 Å². The minimum absolute atomic E-state index is 0.0826. The second-order valence-electron chi connectivity index (χ2n) is 7.32. The Morgan fingerprint density at radius 3 is 2.78 bits per heavy atom. The molecule has 0 radical (unpaired) electrons. The molecule has 0 saturated heterocycles. The van der Waals surface area contributed by atoms with E-state index in [1.165, 1.54) is 0 Å². The van der Waals surface area contributed by atoms with Gasteiger partial charge in [-0.1, -0.05) is 38.0 Å². The number of aromatic nitrogens is 1. The van der Waals surface area contributed by atoms with Crippen LogP contribution in [0.1, 0.15) is 67.6 Å². The number of amides is 1. The molecule has 0 saturated carbocycles. The van der Waals surface area contributed by atoms with Crippen molar-refractivity contribution in [2.24, 2.45) is 0 Å². The van der Waals surface area contributed by atoms with E-state index in [9.17, 15) is 9.59 Å². The smallest absolute Gasteiger partial charge is 0.339 e. The molecule has 144 valence electrons. The number of nitrogens with zero attached hydrogens (tertiary/aromatic N) is 1. The number of carbonyl (C=O) groups is 2. The average molecular weight is 368 g/mol. The molecule has 0 unspecified atom stereocenters. The zero-order valence-corrected chi connectivity index (χ0v) is 16.2. The standard InChI is InChI=1S/C22H28N2O3/c1-3-9-15(2)23-20(25)14-27-22(26)21-16-10-5-4-6-12-18(16)24-19-13-8-7-11-17(19)21/h7-8,11,13,15H,3-6,9-10,12,14H2,1-2H3,(H,23,25)/t15-/m1/s1. The lowest BCUT2D eigenvalue weighted by Gasteiger charge is -2.16. The molecule has 3 rings (SSSR count). The van der Waals surface area contributed by atoms with Gasteiger partial charge in [0.25, 0.3) is 5.91 Å². The molecule has 5 nitrogen and oxygen atoms in total. The third-order valence-electron chi connectivity index (χ3n) is 5.09. The summed E-state index contributed by atoms with van der Waals surface area (Å²) in [7, 11) is 0. The van der Waals surface area contributed by atoms with Crippen LogP contribution in [0.25, 0.3) is 10.9 Å². The molecular formula is C22H28N2O3. The number of esters is 1. The first-order chi connectivity index (χ1) is 13.1. The molecule has 27 heavy (non-hydrogen) atoms. The number of hydrogen-bond acceptors (Lipinski definition) is 4. The molecular weight excluding hydrogens is 340 g/mol. The van der Waals surface area contributed by atoms with Crippen molar-refractivity contribution in [3.63, 3.8) is 0 Å². The summed E-state index contributed by atoms with van der Waals surface area (Å²) in [5, 5.41) is 3.68. The number of pyridine rings is 1. The van der Waals surface area contributed by atoms with Crippen LogP contribution in [0.3, 0.4) is 0 Å². The van der Waals surface area contributed by atoms with E-state index in [4.69, 9.17) is 9.72 Å². The lowest BCUT2D eigenvalue weighted by Crippen LogP contribution is -2.35. The van der Waals surface area contributed by atoms with E-state index in [2.05, 4.69) is 12.2 Å². The van der Waals surface area contributed by atoms with Gasteiger partial charge in [0.15, 0.2) is 6.61 Å². The third-order valence-corrected chi connectivity index (χ3v) is 5.09. The third kappa shape index (κ3) is 4.65. The van der Waals surface area contributed by atoms with Crippen molar-refractivity contribution in [2.75, 3.05) is 6.61 Å². The largest absolute Gasteiger partial charge is 0.452 e. The minimum Gasteiger partial charge on any atom is -0.452 e. The second kappa shape index (κ2) is 8.98. The number of benzene rings is 1. The molecule has 1 heterocycles. The first kappa shape index (κ1) is 19.3. The zero-order valence-electron chi connectivity index (χ0n) is 16.2. The molecule has 0 bridgehead atoms. The van der Waals surface area contributed by atoms with Crippen molar-refractivity contribution in [1.82, 2.24) is 10.3 Å². The SMILES string of the molecule is CCC[C@@H](C)NC(=O)COC(=O)c1c2c(nc3ccccc13)CCCCC2. The molecule has 5 heteroatoms. The quantitative estimate of drug-likeness (QED) is 0.619. The molecule has 2 aromatic rings. The molecule has 0 fully saturated rings. The number of nitrogens with one attached hydrogen (secondary N) is 1. The monoisotopic (exact) mass is 368 g/mol. The molecule has 1 aromatic heterocycles. The Kier molecular flexibility index (Phi) is 6.43. The Morgan fingerprint density at radius 2 is 1.96 bits per heavy atom. The topological polar surface area (TPSA) is 68.3 Å². The number of hydrogen-bond donors (Lipinski definition) is 1. The van der Waals surface area contributed by atoms with Crippen LogP contribution in [0.4, 0.5) is 0 Å². The van der Waals surface area contributed by atoms with E-state index in [1.54, 1.807) is 0 Å². The second-order valence-corrected chi connectivity index (χ2v) is 7.32. The zero-order chi connectivity index (χ0) is 19.2. The van der Waals surface area contributed by atoms with Crippen LogP contribution >= 0.6 is 0 Å².